The topological polar surface area (TPSA) is 30.7 Å². The summed E-state index contributed by atoms with van der Waals surface area (Å²) < 4.78 is 5.53. The van der Waals surface area contributed by atoms with E-state index in [0.717, 1.165) is 24.9 Å². The van der Waals surface area contributed by atoms with Gasteiger partial charge in [0.15, 0.2) is 6.10 Å². The number of likely N-dealkylation sites (tertiary alicyclic amines) is 1. The van der Waals surface area contributed by atoms with E-state index >= 15 is 0 Å². The minimum Gasteiger partial charge on any atom is -0.453 e. The Hall–Kier alpha value is -1.35. The van der Waals surface area contributed by atoms with Gasteiger partial charge in [-0.2, -0.15) is 0 Å². The van der Waals surface area contributed by atoms with Crippen LogP contribution in [0.25, 0.3) is 0 Å². The van der Waals surface area contributed by atoms with Crippen molar-refractivity contribution in [2.45, 2.75) is 25.9 Å². The maximum atomic E-state index is 11.9. The minimum absolute atomic E-state index is 0.0811. The molecule has 1 heterocycles. The Bertz CT molecular complexity index is 386. The SMILES string of the molecule is Cc1ccc(C(=O)OC2CCC[NH+](C)C2)cc1. The van der Waals surface area contributed by atoms with Crippen LogP contribution in [0.2, 0.25) is 0 Å². The molecule has 1 fully saturated rings. The van der Waals surface area contributed by atoms with Gasteiger partial charge >= 0.3 is 5.97 Å². The van der Waals surface area contributed by atoms with Crippen molar-refractivity contribution in [3.8, 4) is 0 Å². The second-order valence-corrected chi connectivity index (χ2v) is 4.95. The van der Waals surface area contributed by atoms with Crippen molar-refractivity contribution in [1.82, 2.24) is 0 Å². The lowest BCUT2D eigenvalue weighted by molar-refractivity contribution is -0.888. The quantitative estimate of drug-likeness (QED) is 0.768. The van der Waals surface area contributed by atoms with Gasteiger partial charge < -0.3 is 9.64 Å². The highest BCUT2D eigenvalue weighted by atomic mass is 16.5. The van der Waals surface area contributed by atoms with Crippen molar-refractivity contribution in [2.75, 3.05) is 20.1 Å². The molecule has 2 rings (SSSR count). The van der Waals surface area contributed by atoms with E-state index in [1.165, 1.54) is 11.4 Å². The second-order valence-electron chi connectivity index (χ2n) is 4.95. The number of carbonyl (C=O) groups is 1. The van der Waals surface area contributed by atoms with Gasteiger partial charge in [-0.1, -0.05) is 17.7 Å². The largest absolute Gasteiger partial charge is 0.453 e. The van der Waals surface area contributed by atoms with Gasteiger partial charge in [-0.15, -0.1) is 0 Å². The van der Waals surface area contributed by atoms with Crippen LogP contribution in [0.1, 0.15) is 28.8 Å². The van der Waals surface area contributed by atoms with E-state index in [9.17, 15) is 4.79 Å². The van der Waals surface area contributed by atoms with E-state index in [1.54, 1.807) is 0 Å². The van der Waals surface area contributed by atoms with E-state index in [1.807, 2.05) is 31.2 Å². The van der Waals surface area contributed by atoms with Gasteiger partial charge in [-0.3, -0.25) is 0 Å². The molecule has 0 saturated carbocycles. The lowest BCUT2D eigenvalue weighted by atomic mass is 10.1. The number of benzene rings is 1. The van der Waals surface area contributed by atoms with E-state index < -0.39 is 0 Å². The molecule has 0 aliphatic carbocycles. The Kier molecular flexibility index (Phi) is 3.79. The van der Waals surface area contributed by atoms with Crippen molar-refractivity contribution in [3.63, 3.8) is 0 Å². The van der Waals surface area contributed by atoms with Gasteiger partial charge in [0.05, 0.1) is 19.2 Å². The van der Waals surface area contributed by atoms with Gasteiger partial charge in [-0.25, -0.2) is 4.79 Å². The monoisotopic (exact) mass is 234 g/mol. The molecule has 1 aliphatic rings. The average Bonchev–Trinajstić information content (AvgIpc) is 2.29. The Morgan fingerprint density at radius 1 is 1.35 bits per heavy atom. The Morgan fingerprint density at radius 2 is 2.06 bits per heavy atom. The number of quaternary nitrogens is 1. The maximum absolute atomic E-state index is 11.9. The number of carbonyl (C=O) groups excluding carboxylic acids is 1. The Morgan fingerprint density at radius 3 is 2.71 bits per heavy atom. The van der Waals surface area contributed by atoms with Gasteiger partial charge in [0, 0.05) is 6.42 Å². The number of esters is 1. The molecule has 3 nitrogen and oxygen atoms in total. The van der Waals surface area contributed by atoms with E-state index in [-0.39, 0.29) is 12.1 Å². The molecule has 17 heavy (non-hydrogen) atoms. The van der Waals surface area contributed by atoms with Crippen LogP contribution in [-0.2, 0) is 4.74 Å². The summed E-state index contributed by atoms with van der Waals surface area (Å²) in [5, 5.41) is 0. The fraction of sp³-hybridized carbons (Fsp3) is 0.500. The van der Waals surface area contributed by atoms with Crippen molar-refractivity contribution < 1.29 is 14.4 Å². The van der Waals surface area contributed by atoms with Crippen LogP contribution in [0.3, 0.4) is 0 Å². The highest BCUT2D eigenvalue weighted by Gasteiger charge is 2.23. The summed E-state index contributed by atoms with van der Waals surface area (Å²) >= 11 is 0. The van der Waals surface area contributed by atoms with Gasteiger partial charge in [0.25, 0.3) is 0 Å². The number of hydrogen-bond acceptors (Lipinski definition) is 2. The molecule has 1 aliphatic heterocycles. The first-order valence-corrected chi connectivity index (χ1v) is 6.24. The number of ether oxygens (including phenoxy) is 1. The lowest BCUT2D eigenvalue weighted by Crippen LogP contribution is -3.11. The number of piperidine rings is 1. The predicted molar refractivity (Wildman–Crippen MR) is 66.2 cm³/mol. The number of rotatable bonds is 2. The lowest BCUT2D eigenvalue weighted by Gasteiger charge is -2.26. The third kappa shape index (κ3) is 3.30. The summed E-state index contributed by atoms with van der Waals surface area (Å²) in [6.45, 7) is 4.12. The van der Waals surface area contributed by atoms with Crippen LogP contribution in [0.5, 0.6) is 0 Å². The predicted octanol–water partition coefficient (Wildman–Crippen LogP) is 0.829. The van der Waals surface area contributed by atoms with Gasteiger partial charge in [-0.05, 0) is 25.5 Å². The number of aryl methyl sites for hydroxylation is 1. The number of nitrogens with one attached hydrogen (secondary N) is 1. The van der Waals surface area contributed by atoms with E-state index in [2.05, 4.69) is 7.05 Å². The maximum Gasteiger partial charge on any atom is 0.338 e. The van der Waals surface area contributed by atoms with E-state index in [4.69, 9.17) is 4.74 Å². The molecule has 1 aromatic rings. The molecule has 1 aromatic carbocycles. The molecule has 0 spiro atoms. The first-order valence-electron chi connectivity index (χ1n) is 6.24. The minimum atomic E-state index is -0.190. The summed E-state index contributed by atoms with van der Waals surface area (Å²) in [5.41, 5.74) is 1.81. The summed E-state index contributed by atoms with van der Waals surface area (Å²) in [7, 11) is 2.14. The Labute approximate surface area is 102 Å². The summed E-state index contributed by atoms with van der Waals surface area (Å²) in [4.78, 5) is 13.3. The first-order chi connectivity index (χ1) is 8.15. The van der Waals surface area contributed by atoms with E-state index in [0.29, 0.717) is 5.56 Å². The molecule has 3 heteroatoms. The number of hydrogen-bond donors (Lipinski definition) is 1. The van der Waals surface area contributed by atoms with Crippen molar-refractivity contribution in [3.05, 3.63) is 35.4 Å². The van der Waals surface area contributed by atoms with Crippen molar-refractivity contribution in [2.24, 2.45) is 0 Å². The standard InChI is InChI=1S/C14H19NO2/c1-11-5-7-12(8-6-11)14(16)17-13-4-3-9-15(2)10-13/h5-8,13H,3-4,9-10H2,1-2H3/p+1. The zero-order valence-electron chi connectivity index (χ0n) is 10.5. The molecule has 1 saturated heterocycles. The molecule has 0 bridgehead atoms. The zero-order chi connectivity index (χ0) is 12.3. The molecule has 1 N–H and O–H groups in total. The third-order valence-corrected chi connectivity index (χ3v) is 3.27. The van der Waals surface area contributed by atoms with Crippen molar-refractivity contribution in [1.29, 1.82) is 0 Å². The molecule has 92 valence electrons. The Balaban J connectivity index is 1.94. The highest BCUT2D eigenvalue weighted by molar-refractivity contribution is 5.89. The normalized spacial score (nSPS) is 24.4. The molecule has 0 aromatic heterocycles. The summed E-state index contributed by atoms with van der Waals surface area (Å²) in [5.74, 6) is -0.190. The van der Waals surface area contributed by atoms with Crippen molar-refractivity contribution >= 4 is 5.97 Å². The molecule has 0 radical (unpaired) electrons. The molecule has 2 unspecified atom stereocenters. The smallest absolute Gasteiger partial charge is 0.338 e. The summed E-state index contributed by atoms with van der Waals surface area (Å²) in [6.07, 6.45) is 2.21. The average molecular weight is 234 g/mol. The van der Waals surface area contributed by atoms with Gasteiger partial charge in [0.1, 0.15) is 6.54 Å². The fourth-order valence-electron chi connectivity index (χ4n) is 2.23. The number of likely N-dealkylation sites (N-methyl/N-ethyl adjacent to an activating group) is 1. The highest BCUT2D eigenvalue weighted by Crippen LogP contribution is 2.09. The van der Waals surface area contributed by atoms with Crippen LogP contribution in [0.4, 0.5) is 0 Å². The zero-order valence-corrected chi connectivity index (χ0v) is 10.5. The van der Waals surface area contributed by atoms with Gasteiger partial charge in [0.2, 0.25) is 0 Å². The van der Waals surface area contributed by atoms with Crippen LogP contribution in [0.15, 0.2) is 24.3 Å². The van der Waals surface area contributed by atoms with Crippen LogP contribution in [-0.4, -0.2) is 32.2 Å². The van der Waals surface area contributed by atoms with Crippen LogP contribution in [0, 0.1) is 6.92 Å². The summed E-state index contributed by atoms with van der Waals surface area (Å²) in [6, 6.07) is 7.54. The molecule has 0 amide bonds. The molecular formula is C14H20NO2+. The fourth-order valence-corrected chi connectivity index (χ4v) is 2.23. The van der Waals surface area contributed by atoms with Crippen LogP contribution < -0.4 is 4.90 Å². The molecular weight excluding hydrogens is 214 g/mol. The van der Waals surface area contributed by atoms with Crippen LogP contribution >= 0.6 is 0 Å². The molecule has 2 atom stereocenters. The third-order valence-electron chi connectivity index (χ3n) is 3.27. The first kappa shape index (κ1) is 12.1. The second kappa shape index (κ2) is 5.32.